The number of carbonyl (C=O) groups is 1. The summed E-state index contributed by atoms with van der Waals surface area (Å²) >= 11 is 0. The SMILES string of the molecule is O=C([O-])c1ccc2c(c1)[C@@H]1C=CC[C@@H]1[C@H](c1ccc3c4c(cccc14)CC3)N2. The summed E-state index contributed by atoms with van der Waals surface area (Å²) in [5.41, 5.74) is 6.64. The topological polar surface area (TPSA) is 52.2 Å². The lowest BCUT2D eigenvalue weighted by atomic mass is 9.75. The van der Waals surface area contributed by atoms with Gasteiger partial charge >= 0.3 is 0 Å². The summed E-state index contributed by atoms with van der Waals surface area (Å²) in [6.45, 7) is 0. The van der Waals surface area contributed by atoms with E-state index < -0.39 is 5.97 Å². The molecule has 0 radical (unpaired) electrons. The van der Waals surface area contributed by atoms with Crippen molar-refractivity contribution < 1.29 is 9.90 Å². The second-order valence-corrected chi connectivity index (χ2v) is 8.22. The van der Waals surface area contributed by atoms with Crippen LogP contribution in [-0.2, 0) is 12.8 Å². The summed E-state index contributed by atoms with van der Waals surface area (Å²) in [5.74, 6) is -0.484. The third-order valence-corrected chi connectivity index (χ3v) is 6.84. The van der Waals surface area contributed by atoms with Crippen molar-refractivity contribution in [1.82, 2.24) is 0 Å². The highest BCUT2D eigenvalue weighted by molar-refractivity contribution is 5.94. The van der Waals surface area contributed by atoms with Crippen molar-refractivity contribution in [2.75, 3.05) is 5.32 Å². The number of hydrogen-bond acceptors (Lipinski definition) is 3. The van der Waals surface area contributed by atoms with Crippen LogP contribution in [0.25, 0.3) is 10.8 Å². The fourth-order valence-electron chi connectivity index (χ4n) is 5.57. The van der Waals surface area contributed by atoms with Crippen LogP contribution in [0.5, 0.6) is 0 Å². The van der Waals surface area contributed by atoms with Crippen molar-refractivity contribution in [3.63, 3.8) is 0 Å². The number of allylic oxidation sites excluding steroid dienone is 2. The van der Waals surface area contributed by atoms with E-state index in [1.165, 1.54) is 27.5 Å². The van der Waals surface area contributed by atoms with Gasteiger partial charge in [-0.1, -0.05) is 48.6 Å². The van der Waals surface area contributed by atoms with E-state index in [-0.39, 0.29) is 17.5 Å². The van der Waals surface area contributed by atoms with E-state index in [0.717, 1.165) is 30.5 Å². The Morgan fingerprint density at radius 3 is 2.71 bits per heavy atom. The zero-order chi connectivity index (χ0) is 18.8. The van der Waals surface area contributed by atoms with Crippen molar-refractivity contribution in [3.8, 4) is 0 Å². The molecule has 0 saturated carbocycles. The second kappa shape index (κ2) is 5.71. The lowest BCUT2D eigenvalue weighted by Crippen LogP contribution is -2.30. The molecule has 0 aromatic heterocycles. The molecule has 1 N–H and O–H groups in total. The molecule has 0 saturated heterocycles. The molecule has 3 aromatic carbocycles. The summed E-state index contributed by atoms with van der Waals surface area (Å²) in [5, 5.41) is 17.9. The number of hydrogen-bond donors (Lipinski definition) is 1. The first-order valence-electron chi connectivity index (χ1n) is 10.0. The van der Waals surface area contributed by atoms with Gasteiger partial charge in [-0.15, -0.1) is 0 Å². The number of aryl methyl sites for hydroxylation is 2. The van der Waals surface area contributed by atoms with E-state index in [4.69, 9.17) is 0 Å². The van der Waals surface area contributed by atoms with Gasteiger partial charge < -0.3 is 15.2 Å². The normalized spacial score (nSPS) is 24.1. The van der Waals surface area contributed by atoms with Crippen LogP contribution < -0.4 is 10.4 Å². The van der Waals surface area contributed by atoms with Crippen LogP contribution in [0.15, 0.2) is 60.7 Å². The van der Waals surface area contributed by atoms with Crippen LogP contribution >= 0.6 is 0 Å². The minimum absolute atomic E-state index is 0.214. The van der Waals surface area contributed by atoms with Gasteiger partial charge in [-0.2, -0.15) is 0 Å². The van der Waals surface area contributed by atoms with Crippen molar-refractivity contribution in [2.24, 2.45) is 5.92 Å². The van der Waals surface area contributed by atoms with Crippen molar-refractivity contribution >= 4 is 22.4 Å². The van der Waals surface area contributed by atoms with E-state index in [1.54, 1.807) is 12.1 Å². The van der Waals surface area contributed by atoms with Gasteiger partial charge in [0.25, 0.3) is 0 Å². The van der Waals surface area contributed by atoms with Gasteiger partial charge in [-0.05, 0) is 75.9 Å². The number of rotatable bonds is 2. The molecule has 138 valence electrons. The molecule has 0 fully saturated rings. The minimum atomic E-state index is -1.11. The quantitative estimate of drug-likeness (QED) is 0.694. The Morgan fingerprint density at radius 2 is 1.86 bits per heavy atom. The summed E-state index contributed by atoms with van der Waals surface area (Å²) in [7, 11) is 0. The number of fused-ring (bicyclic) bond motifs is 3. The predicted octanol–water partition coefficient (Wildman–Crippen LogP) is 4.13. The molecule has 0 spiro atoms. The summed E-state index contributed by atoms with van der Waals surface area (Å²) < 4.78 is 0. The lowest BCUT2D eigenvalue weighted by molar-refractivity contribution is -0.255. The fraction of sp³-hybridized carbons (Fsp3) is 0.240. The van der Waals surface area contributed by atoms with E-state index in [0.29, 0.717) is 5.92 Å². The molecule has 0 amide bonds. The average molecular weight is 366 g/mol. The Hall–Kier alpha value is -3.07. The number of anilines is 1. The Kier molecular flexibility index (Phi) is 3.25. The molecule has 3 atom stereocenters. The smallest absolute Gasteiger partial charge is 0.0715 e. The lowest BCUT2D eigenvalue weighted by Gasteiger charge is -2.38. The molecule has 3 aliphatic rings. The maximum Gasteiger partial charge on any atom is 0.0715 e. The molecule has 6 rings (SSSR count). The third-order valence-electron chi connectivity index (χ3n) is 6.84. The molecule has 3 heteroatoms. The Bertz CT molecular complexity index is 1170. The fourth-order valence-corrected chi connectivity index (χ4v) is 5.57. The summed E-state index contributed by atoms with van der Waals surface area (Å²) in [6.07, 6.45) is 7.76. The number of carbonyl (C=O) groups excluding carboxylic acids is 1. The van der Waals surface area contributed by atoms with Gasteiger partial charge in [-0.3, -0.25) is 0 Å². The van der Waals surface area contributed by atoms with Gasteiger partial charge in [0.2, 0.25) is 0 Å². The first-order valence-corrected chi connectivity index (χ1v) is 10.0. The van der Waals surface area contributed by atoms with Gasteiger partial charge in [0.1, 0.15) is 0 Å². The van der Waals surface area contributed by atoms with Crippen LogP contribution in [0.4, 0.5) is 5.69 Å². The highest BCUT2D eigenvalue weighted by Crippen LogP contribution is 2.51. The number of carboxylic acid groups (broad SMARTS) is 1. The zero-order valence-corrected chi connectivity index (χ0v) is 15.4. The first-order chi connectivity index (χ1) is 13.7. The van der Waals surface area contributed by atoms with E-state index in [9.17, 15) is 9.90 Å². The molecular weight excluding hydrogens is 346 g/mol. The van der Waals surface area contributed by atoms with Gasteiger partial charge in [0.15, 0.2) is 0 Å². The van der Waals surface area contributed by atoms with Gasteiger partial charge in [-0.25, -0.2) is 0 Å². The van der Waals surface area contributed by atoms with Gasteiger partial charge in [0, 0.05) is 11.6 Å². The van der Waals surface area contributed by atoms with Crippen LogP contribution in [0.1, 0.15) is 51.0 Å². The highest BCUT2D eigenvalue weighted by Gasteiger charge is 2.38. The highest BCUT2D eigenvalue weighted by atomic mass is 16.4. The van der Waals surface area contributed by atoms with Crippen molar-refractivity contribution in [1.29, 1.82) is 0 Å². The molecule has 3 aromatic rings. The van der Waals surface area contributed by atoms with E-state index in [1.807, 2.05) is 6.07 Å². The zero-order valence-electron chi connectivity index (χ0n) is 15.4. The summed E-state index contributed by atoms with van der Waals surface area (Å²) in [4.78, 5) is 11.3. The van der Waals surface area contributed by atoms with Crippen molar-refractivity contribution in [2.45, 2.75) is 31.2 Å². The molecule has 2 aliphatic carbocycles. The number of nitrogens with one attached hydrogen (secondary N) is 1. The molecule has 1 aliphatic heterocycles. The van der Waals surface area contributed by atoms with Crippen LogP contribution in [0, 0.1) is 5.92 Å². The Morgan fingerprint density at radius 1 is 1.00 bits per heavy atom. The van der Waals surface area contributed by atoms with E-state index >= 15 is 0 Å². The van der Waals surface area contributed by atoms with E-state index in [2.05, 4.69) is 47.8 Å². The van der Waals surface area contributed by atoms with Crippen molar-refractivity contribution in [3.05, 3.63) is 88.5 Å². The molecule has 0 bridgehead atoms. The third kappa shape index (κ3) is 2.13. The maximum atomic E-state index is 11.3. The standard InChI is InChI=1S/C25H21NO2/c27-25(28)16-10-12-22-21(13-16)17-4-2-6-19(17)24(26-22)20-11-9-15-8-7-14-3-1-5-18(20)23(14)15/h1-5,9-13,17,19,24,26H,6-8H2,(H,27,28)/p-1/t17-,19+,24-/m1/s1. The van der Waals surface area contributed by atoms with Crippen LogP contribution in [-0.4, -0.2) is 5.97 Å². The Balaban J connectivity index is 1.51. The molecule has 1 heterocycles. The van der Waals surface area contributed by atoms with Gasteiger partial charge in [0.05, 0.1) is 12.0 Å². The Labute approximate surface area is 163 Å². The largest absolute Gasteiger partial charge is 0.545 e. The molecule has 0 unspecified atom stereocenters. The second-order valence-electron chi connectivity index (χ2n) is 8.22. The number of aromatic carboxylic acids is 1. The first kappa shape index (κ1) is 15.9. The molecule has 28 heavy (non-hydrogen) atoms. The minimum Gasteiger partial charge on any atom is -0.545 e. The molecular formula is C25H20NO2-. The maximum absolute atomic E-state index is 11.3. The predicted molar refractivity (Wildman–Crippen MR) is 108 cm³/mol. The summed E-state index contributed by atoms with van der Waals surface area (Å²) in [6, 6.07) is 16.9. The average Bonchev–Trinajstić information content (AvgIpc) is 3.36. The van der Waals surface area contributed by atoms with Crippen LogP contribution in [0.3, 0.4) is 0 Å². The number of carboxylic acids is 1. The molecule has 3 nitrogen and oxygen atoms in total. The number of benzene rings is 3. The van der Waals surface area contributed by atoms with Crippen LogP contribution in [0.2, 0.25) is 0 Å². The monoisotopic (exact) mass is 366 g/mol.